The molecular formula is C12H9N3OS. The quantitative estimate of drug-likeness (QED) is 0.666. The Morgan fingerprint density at radius 1 is 1.24 bits per heavy atom. The van der Waals surface area contributed by atoms with Crippen LogP contribution in [-0.2, 0) is 0 Å². The molecule has 0 spiro atoms. The molecule has 0 amide bonds. The molecule has 0 aliphatic rings. The predicted molar refractivity (Wildman–Crippen MR) is 67.2 cm³/mol. The first-order chi connectivity index (χ1) is 8.24. The summed E-state index contributed by atoms with van der Waals surface area (Å²) in [6, 6.07) is 7.97. The minimum absolute atomic E-state index is 0.445. The average Bonchev–Trinajstić information content (AvgIpc) is 2.75. The Morgan fingerprint density at radius 3 is 2.71 bits per heavy atom. The average molecular weight is 243 g/mol. The van der Waals surface area contributed by atoms with Crippen molar-refractivity contribution in [2.45, 2.75) is 6.92 Å². The number of H-pyrrole nitrogens is 1. The molecule has 0 atom stereocenters. The number of fused-ring (bicyclic) bond motifs is 1. The summed E-state index contributed by atoms with van der Waals surface area (Å²) in [5, 5.41) is 0. The summed E-state index contributed by atoms with van der Waals surface area (Å²) in [5.41, 5.74) is 3.27. The highest BCUT2D eigenvalue weighted by atomic mass is 32.1. The van der Waals surface area contributed by atoms with E-state index in [1.54, 1.807) is 0 Å². The molecule has 2 heterocycles. The van der Waals surface area contributed by atoms with Crippen LogP contribution in [0.1, 0.15) is 5.56 Å². The van der Waals surface area contributed by atoms with Crippen molar-refractivity contribution in [2.75, 3.05) is 0 Å². The van der Waals surface area contributed by atoms with Crippen molar-refractivity contribution in [3.05, 3.63) is 40.8 Å². The molecule has 5 heteroatoms. The van der Waals surface area contributed by atoms with Gasteiger partial charge in [-0.25, -0.2) is 9.97 Å². The third kappa shape index (κ3) is 1.74. The van der Waals surface area contributed by atoms with Gasteiger partial charge in [0, 0.05) is 5.56 Å². The number of aromatic amines is 1. The molecule has 4 nitrogen and oxygen atoms in total. The summed E-state index contributed by atoms with van der Waals surface area (Å²) in [7, 11) is 0. The second-order valence-electron chi connectivity index (χ2n) is 3.77. The van der Waals surface area contributed by atoms with Gasteiger partial charge in [0.05, 0.1) is 6.33 Å². The lowest BCUT2D eigenvalue weighted by molar-refractivity contribution is 0.607. The van der Waals surface area contributed by atoms with Crippen LogP contribution < -0.4 is 0 Å². The number of hydrogen-bond acceptors (Lipinski definition) is 4. The minimum atomic E-state index is 0.445. The van der Waals surface area contributed by atoms with Crippen molar-refractivity contribution in [3.63, 3.8) is 0 Å². The lowest BCUT2D eigenvalue weighted by Gasteiger charge is -1.94. The number of aromatic nitrogens is 3. The van der Waals surface area contributed by atoms with E-state index < -0.39 is 0 Å². The molecule has 3 aromatic rings. The molecule has 0 fully saturated rings. The smallest absolute Gasteiger partial charge is 0.229 e. The molecule has 0 radical (unpaired) electrons. The molecule has 0 saturated carbocycles. The van der Waals surface area contributed by atoms with E-state index in [0.29, 0.717) is 21.8 Å². The molecule has 0 aliphatic heterocycles. The molecule has 17 heavy (non-hydrogen) atoms. The van der Waals surface area contributed by atoms with E-state index in [2.05, 4.69) is 15.0 Å². The molecule has 1 aromatic carbocycles. The molecule has 0 bridgehead atoms. The van der Waals surface area contributed by atoms with Crippen LogP contribution in [-0.4, -0.2) is 15.0 Å². The minimum Gasteiger partial charge on any atom is -0.420 e. The van der Waals surface area contributed by atoms with E-state index in [9.17, 15) is 0 Å². The first kappa shape index (κ1) is 10.2. The van der Waals surface area contributed by atoms with Gasteiger partial charge < -0.3 is 9.40 Å². The first-order valence-electron chi connectivity index (χ1n) is 5.15. The number of benzene rings is 1. The molecule has 3 rings (SSSR count). The molecule has 0 unspecified atom stereocenters. The number of nitrogens with zero attached hydrogens (tertiary/aromatic N) is 2. The van der Waals surface area contributed by atoms with Gasteiger partial charge in [-0.1, -0.05) is 29.9 Å². The van der Waals surface area contributed by atoms with Crippen LogP contribution in [0.5, 0.6) is 0 Å². The van der Waals surface area contributed by atoms with Crippen LogP contribution in [0.15, 0.2) is 35.0 Å². The summed E-state index contributed by atoms with van der Waals surface area (Å²) < 4.78 is 6.05. The zero-order valence-electron chi connectivity index (χ0n) is 9.10. The highest BCUT2D eigenvalue weighted by Gasteiger charge is 2.09. The summed E-state index contributed by atoms with van der Waals surface area (Å²) >= 11 is 5.08. The maximum Gasteiger partial charge on any atom is 0.229 e. The van der Waals surface area contributed by atoms with Gasteiger partial charge >= 0.3 is 0 Å². The van der Waals surface area contributed by atoms with Crippen molar-refractivity contribution in [1.82, 2.24) is 15.0 Å². The predicted octanol–water partition coefficient (Wildman–Crippen LogP) is 3.26. The fraction of sp³-hybridized carbons (Fsp3) is 0.0833. The number of hydrogen-bond donors (Lipinski definition) is 1. The zero-order valence-corrected chi connectivity index (χ0v) is 9.91. The van der Waals surface area contributed by atoms with Gasteiger partial charge in [-0.05, 0) is 19.1 Å². The van der Waals surface area contributed by atoms with Crippen LogP contribution in [0.2, 0.25) is 0 Å². The van der Waals surface area contributed by atoms with Crippen molar-refractivity contribution in [2.24, 2.45) is 0 Å². The molecule has 1 N–H and O–H groups in total. The number of aryl methyl sites for hydroxylation is 1. The van der Waals surface area contributed by atoms with Gasteiger partial charge in [0.15, 0.2) is 10.2 Å². The monoisotopic (exact) mass is 243 g/mol. The number of oxazole rings is 1. The van der Waals surface area contributed by atoms with E-state index in [1.807, 2.05) is 31.2 Å². The van der Waals surface area contributed by atoms with Gasteiger partial charge in [0.25, 0.3) is 0 Å². The fourth-order valence-corrected chi connectivity index (χ4v) is 1.78. The summed E-state index contributed by atoms with van der Waals surface area (Å²) in [6.45, 7) is 2.04. The Labute approximate surface area is 102 Å². The summed E-state index contributed by atoms with van der Waals surface area (Å²) in [6.07, 6.45) is 1.51. The van der Waals surface area contributed by atoms with Crippen molar-refractivity contribution >= 4 is 23.4 Å². The topological polar surface area (TPSA) is 54.7 Å². The normalized spacial score (nSPS) is 10.9. The van der Waals surface area contributed by atoms with E-state index in [1.165, 1.54) is 11.9 Å². The third-order valence-electron chi connectivity index (χ3n) is 2.51. The first-order valence-corrected chi connectivity index (χ1v) is 5.56. The highest BCUT2D eigenvalue weighted by molar-refractivity contribution is 7.71. The Hall–Kier alpha value is -2.01. The molecular weight excluding hydrogens is 234 g/mol. The van der Waals surface area contributed by atoms with Crippen LogP contribution in [0.4, 0.5) is 0 Å². The van der Waals surface area contributed by atoms with Gasteiger partial charge in [0.2, 0.25) is 11.6 Å². The number of rotatable bonds is 1. The van der Waals surface area contributed by atoms with Gasteiger partial charge in [0.1, 0.15) is 0 Å². The van der Waals surface area contributed by atoms with Crippen molar-refractivity contribution < 1.29 is 4.42 Å². The van der Waals surface area contributed by atoms with E-state index in [4.69, 9.17) is 16.6 Å². The largest absolute Gasteiger partial charge is 0.420 e. The molecule has 2 aromatic heterocycles. The zero-order chi connectivity index (χ0) is 11.8. The Kier molecular flexibility index (Phi) is 2.26. The summed E-state index contributed by atoms with van der Waals surface area (Å²) in [4.78, 5) is 11.2. The Bertz CT molecular complexity index is 727. The second-order valence-corrected chi connectivity index (χ2v) is 4.16. The highest BCUT2D eigenvalue weighted by Crippen LogP contribution is 2.23. The number of nitrogens with one attached hydrogen (secondary N) is 1. The van der Waals surface area contributed by atoms with Crippen molar-refractivity contribution in [1.29, 1.82) is 0 Å². The van der Waals surface area contributed by atoms with Gasteiger partial charge in [-0.3, -0.25) is 0 Å². The standard InChI is InChI=1S/C12H9N3OS/c1-7-2-4-8(5-3-7)10-15-9-11(16-10)13-6-14-12(9)17/h2-6H,1H3,(H,13,14,17). The maximum atomic E-state index is 5.60. The molecule has 84 valence electrons. The van der Waals surface area contributed by atoms with E-state index in [-0.39, 0.29) is 0 Å². The van der Waals surface area contributed by atoms with Crippen LogP contribution in [0, 0.1) is 11.6 Å². The lowest BCUT2D eigenvalue weighted by Crippen LogP contribution is -1.80. The van der Waals surface area contributed by atoms with E-state index >= 15 is 0 Å². The molecule has 0 saturated heterocycles. The molecule has 0 aliphatic carbocycles. The third-order valence-corrected chi connectivity index (χ3v) is 2.80. The van der Waals surface area contributed by atoms with Gasteiger partial charge in [-0.15, -0.1) is 0 Å². The van der Waals surface area contributed by atoms with Gasteiger partial charge in [-0.2, -0.15) is 0 Å². The van der Waals surface area contributed by atoms with E-state index in [0.717, 1.165) is 5.56 Å². The fourth-order valence-electron chi connectivity index (χ4n) is 1.59. The summed E-state index contributed by atoms with van der Waals surface area (Å²) in [5.74, 6) is 0.551. The Balaban J connectivity index is 2.21. The maximum absolute atomic E-state index is 5.60. The van der Waals surface area contributed by atoms with Crippen molar-refractivity contribution in [3.8, 4) is 11.5 Å². The second kappa shape index (κ2) is 3.78. The Morgan fingerprint density at radius 2 is 2.00 bits per heavy atom. The van der Waals surface area contributed by atoms with Crippen LogP contribution >= 0.6 is 12.2 Å². The van der Waals surface area contributed by atoms with Crippen LogP contribution in [0.25, 0.3) is 22.7 Å². The lowest BCUT2D eigenvalue weighted by atomic mass is 10.1. The van der Waals surface area contributed by atoms with Crippen LogP contribution in [0.3, 0.4) is 0 Å². The SMILES string of the molecule is Cc1ccc(-c2nc3c(=S)nc[nH]c3o2)cc1.